The number of nitrogens with two attached hydrogens (primary N) is 1. The van der Waals surface area contributed by atoms with Crippen LogP contribution >= 0.6 is 0 Å². The number of ether oxygens (including phenoxy) is 1. The van der Waals surface area contributed by atoms with Crippen LogP contribution in [0.15, 0.2) is 24.3 Å². The summed E-state index contributed by atoms with van der Waals surface area (Å²) in [5.74, 6) is 0. The van der Waals surface area contributed by atoms with Gasteiger partial charge in [0.15, 0.2) is 0 Å². The van der Waals surface area contributed by atoms with Gasteiger partial charge in [0.25, 0.3) is 0 Å². The van der Waals surface area contributed by atoms with Gasteiger partial charge in [-0.05, 0) is 38.3 Å². The van der Waals surface area contributed by atoms with Crippen molar-refractivity contribution in [2.24, 2.45) is 5.73 Å². The van der Waals surface area contributed by atoms with E-state index in [1.165, 1.54) is 11.3 Å². The van der Waals surface area contributed by atoms with Crippen molar-refractivity contribution in [1.82, 2.24) is 0 Å². The molecule has 1 saturated carbocycles. The van der Waals surface area contributed by atoms with Crippen LogP contribution in [0.5, 0.6) is 0 Å². The normalized spacial score (nSPS) is 27.6. The van der Waals surface area contributed by atoms with E-state index in [0.717, 1.165) is 19.4 Å². The smallest absolute Gasteiger partial charge is 0.0620 e. The van der Waals surface area contributed by atoms with E-state index in [1.54, 1.807) is 0 Å². The van der Waals surface area contributed by atoms with Crippen LogP contribution in [-0.4, -0.2) is 24.8 Å². The quantitative estimate of drug-likeness (QED) is 0.822. The highest BCUT2D eigenvalue weighted by molar-refractivity contribution is 5.53. The number of hydrogen-bond acceptors (Lipinski definition) is 3. The van der Waals surface area contributed by atoms with E-state index in [0.29, 0.717) is 12.6 Å². The molecular formula is C14H22N2O. The largest absolute Gasteiger partial charge is 0.378 e. The van der Waals surface area contributed by atoms with Crippen molar-refractivity contribution in [3.8, 4) is 0 Å². The molecule has 2 rings (SSSR count). The van der Waals surface area contributed by atoms with Crippen LogP contribution in [0.1, 0.15) is 25.3 Å². The minimum Gasteiger partial charge on any atom is -0.378 e. The molecule has 0 spiro atoms. The summed E-state index contributed by atoms with van der Waals surface area (Å²) in [7, 11) is 0. The molecule has 0 heterocycles. The van der Waals surface area contributed by atoms with Gasteiger partial charge in [0.2, 0.25) is 0 Å². The Labute approximate surface area is 103 Å². The van der Waals surface area contributed by atoms with Crippen LogP contribution in [0.4, 0.5) is 5.69 Å². The lowest BCUT2D eigenvalue weighted by Crippen LogP contribution is -2.58. The molecule has 0 atom stereocenters. The molecule has 1 aromatic rings. The molecule has 0 amide bonds. The van der Waals surface area contributed by atoms with Crippen LogP contribution < -0.4 is 11.1 Å². The van der Waals surface area contributed by atoms with Crippen LogP contribution in [0.2, 0.25) is 0 Å². The topological polar surface area (TPSA) is 47.3 Å². The van der Waals surface area contributed by atoms with Gasteiger partial charge < -0.3 is 15.8 Å². The van der Waals surface area contributed by atoms with Crippen molar-refractivity contribution in [2.45, 2.75) is 38.3 Å². The fourth-order valence-corrected chi connectivity index (χ4v) is 2.48. The molecule has 3 N–H and O–H groups in total. The lowest BCUT2D eigenvalue weighted by atomic mass is 9.74. The Morgan fingerprint density at radius 1 is 1.41 bits per heavy atom. The molecule has 1 aliphatic carbocycles. The first kappa shape index (κ1) is 12.4. The molecule has 3 heteroatoms. The van der Waals surface area contributed by atoms with Gasteiger partial charge in [0, 0.05) is 18.8 Å². The summed E-state index contributed by atoms with van der Waals surface area (Å²) in [5.41, 5.74) is 8.39. The van der Waals surface area contributed by atoms with Crippen molar-refractivity contribution in [1.29, 1.82) is 0 Å². The van der Waals surface area contributed by atoms with E-state index in [1.807, 2.05) is 6.92 Å². The maximum atomic E-state index is 5.91. The molecule has 0 aromatic heterocycles. The molecule has 0 saturated heterocycles. The van der Waals surface area contributed by atoms with Gasteiger partial charge in [0.05, 0.1) is 11.6 Å². The number of aryl methyl sites for hydroxylation is 1. The summed E-state index contributed by atoms with van der Waals surface area (Å²) in [6, 6.07) is 8.34. The summed E-state index contributed by atoms with van der Waals surface area (Å²) in [6.45, 7) is 5.60. The van der Waals surface area contributed by atoms with E-state index < -0.39 is 0 Å². The van der Waals surface area contributed by atoms with Gasteiger partial charge in [-0.25, -0.2) is 0 Å². The predicted molar refractivity (Wildman–Crippen MR) is 71.2 cm³/mol. The van der Waals surface area contributed by atoms with Crippen LogP contribution in [0.3, 0.4) is 0 Å². The zero-order valence-corrected chi connectivity index (χ0v) is 10.7. The number of rotatable bonds is 5. The molecule has 0 unspecified atom stereocenters. The predicted octanol–water partition coefficient (Wildman–Crippen LogP) is 2.30. The van der Waals surface area contributed by atoms with Crippen molar-refractivity contribution in [3.63, 3.8) is 0 Å². The number of anilines is 1. The average molecular weight is 234 g/mol. The van der Waals surface area contributed by atoms with Gasteiger partial charge >= 0.3 is 0 Å². The Balaban J connectivity index is 2.00. The number of benzene rings is 1. The fourth-order valence-electron chi connectivity index (χ4n) is 2.48. The van der Waals surface area contributed by atoms with Crippen LogP contribution in [0, 0.1) is 6.92 Å². The summed E-state index contributed by atoms with van der Waals surface area (Å²) in [6.07, 6.45) is 2.39. The number of nitrogens with one attached hydrogen (secondary N) is 1. The Kier molecular flexibility index (Phi) is 3.69. The van der Waals surface area contributed by atoms with E-state index in [2.05, 4.69) is 36.5 Å². The highest BCUT2D eigenvalue weighted by Gasteiger charge is 2.43. The maximum absolute atomic E-state index is 5.91. The lowest BCUT2D eigenvalue weighted by Gasteiger charge is -2.48. The van der Waals surface area contributed by atoms with Gasteiger partial charge in [-0.2, -0.15) is 0 Å². The molecule has 0 radical (unpaired) electrons. The third kappa shape index (κ3) is 2.61. The average Bonchev–Trinajstić information content (AvgIpc) is 2.29. The lowest BCUT2D eigenvalue weighted by molar-refractivity contribution is -0.0271. The standard InChI is InChI=1S/C14H22N2O/c1-3-17-12-8-14(9-12,10-15)16-13-7-5-4-6-11(13)2/h4-7,12,16H,3,8-10,15H2,1-2H3. The van der Waals surface area contributed by atoms with Gasteiger partial charge in [-0.3, -0.25) is 0 Å². The second kappa shape index (κ2) is 5.07. The Morgan fingerprint density at radius 2 is 2.12 bits per heavy atom. The van der Waals surface area contributed by atoms with Gasteiger partial charge in [-0.15, -0.1) is 0 Å². The van der Waals surface area contributed by atoms with Gasteiger partial charge in [0.1, 0.15) is 0 Å². The zero-order chi connectivity index (χ0) is 12.3. The summed E-state index contributed by atoms with van der Waals surface area (Å²) in [5, 5.41) is 3.59. The molecule has 94 valence electrons. The fraction of sp³-hybridized carbons (Fsp3) is 0.571. The third-order valence-electron chi connectivity index (χ3n) is 3.57. The Morgan fingerprint density at radius 3 is 2.71 bits per heavy atom. The van der Waals surface area contributed by atoms with Crippen molar-refractivity contribution in [3.05, 3.63) is 29.8 Å². The highest BCUT2D eigenvalue weighted by Crippen LogP contribution is 2.37. The first-order valence-electron chi connectivity index (χ1n) is 6.34. The molecular weight excluding hydrogens is 212 g/mol. The number of para-hydroxylation sites is 1. The molecule has 0 bridgehead atoms. The Bertz CT molecular complexity index is 372. The third-order valence-corrected chi connectivity index (χ3v) is 3.57. The van der Waals surface area contributed by atoms with Crippen LogP contribution in [-0.2, 0) is 4.74 Å². The summed E-state index contributed by atoms with van der Waals surface area (Å²) >= 11 is 0. The molecule has 17 heavy (non-hydrogen) atoms. The first-order chi connectivity index (χ1) is 8.19. The van der Waals surface area contributed by atoms with E-state index in [-0.39, 0.29) is 5.54 Å². The van der Waals surface area contributed by atoms with Crippen molar-refractivity contribution in [2.75, 3.05) is 18.5 Å². The summed E-state index contributed by atoms with van der Waals surface area (Å²) < 4.78 is 5.61. The molecule has 1 aliphatic rings. The van der Waals surface area contributed by atoms with Crippen molar-refractivity contribution < 1.29 is 4.74 Å². The van der Waals surface area contributed by atoms with E-state index in [4.69, 9.17) is 10.5 Å². The maximum Gasteiger partial charge on any atom is 0.0620 e. The molecule has 3 nitrogen and oxygen atoms in total. The molecule has 1 aromatic carbocycles. The monoisotopic (exact) mass is 234 g/mol. The Hall–Kier alpha value is -1.06. The minimum absolute atomic E-state index is 0.0337. The van der Waals surface area contributed by atoms with Crippen LogP contribution in [0.25, 0.3) is 0 Å². The second-order valence-corrected chi connectivity index (χ2v) is 4.91. The van der Waals surface area contributed by atoms with E-state index >= 15 is 0 Å². The first-order valence-corrected chi connectivity index (χ1v) is 6.34. The minimum atomic E-state index is 0.0337. The highest BCUT2D eigenvalue weighted by atomic mass is 16.5. The molecule has 1 fully saturated rings. The summed E-state index contributed by atoms with van der Waals surface area (Å²) in [4.78, 5) is 0. The van der Waals surface area contributed by atoms with Gasteiger partial charge in [-0.1, -0.05) is 18.2 Å². The molecule has 0 aliphatic heterocycles. The SMILES string of the molecule is CCOC1CC(CN)(Nc2ccccc2C)C1. The zero-order valence-electron chi connectivity index (χ0n) is 10.7. The van der Waals surface area contributed by atoms with Crippen molar-refractivity contribution >= 4 is 5.69 Å². The van der Waals surface area contributed by atoms with E-state index in [9.17, 15) is 0 Å². The number of hydrogen-bond donors (Lipinski definition) is 2. The second-order valence-electron chi connectivity index (χ2n) is 4.91.